The fraction of sp³-hybridized carbons (Fsp3) is 0.786. The Bertz CT molecular complexity index is 360. The van der Waals surface area contributed by atoms with Crippen molar-refractivity contribution >= 4 is 11.9 Å². The van der Waals surface area contributed by atoms with Crippen LogP contribution in [0.1, 0.15) is 34.6 Å². The molecule has 0 aliphatic carbocycles. The van der Waals surface area contributed by atoms with Gasteiger partial charge < -0.3 is 9.47 Å². The molecule has 1 atom stereocenters. The zero-order valence-electron chi connectivity index (χ0n) is 12.5. The molecular formula is C14H23NO4. The van der Waals surface area contributed by atoms with Crippen molar-refractivity contribution in [3.63, 3.8) is 0 Å². The standard InChI is InChI=1S/C14H23NO4/c1-7-19-13(17)14(9(2)3,10(4)5)11(8-15)12(16)18-6/h9-11H,7H2,1-6H3. The predicted molar refractivity (Wildman–Crippen MR) is 69.9 cm³/mol. The van der Waals surface area contributed by atoms with Crippen LogP contribution in [0.4, 0.5) is 0 Å². The third kappa shape index (κ3) is 3.06. The summed E-state index contributed by atoms with van der Waals surface area (Å²) < 4.78 is 9.78. The summed E-state index contributed by atoms with van der Waals surface area (Å²) in [4.78, 5) is 24.2. The van der Waals surface area contributed by atoms with Crippen LogP contribution in [0.15, 0.2) is 0 Å². The molecule has 0 heterocycles. The Morgan fingerprint density at radius 3 is 1.95 bits per heavy atom. The van der Waals surface area contributed by atoms with Gasteiger partial charge in [-0.2, -0.15) is 5.26 Å². The topological polar surface area (TPSA) is 76.4 Å². The Labute approximate surface area is 114 Å². The smallest absolute Gasteiger partial charge is 0.324 e. The molecule has 0 radical (unpaired) electrons. The molecular weight excluding hydrogens is 246 g/mol. The van der Waals surface area contributed by atoms with Crippen molar-refractivity contribution in [1.29, 1.82) is 5.26 Å². The van der Waals surface area contributed by atoms with Crippen LogP contribution in [0, 0.1) is 34.5 Å². The third-order valence-corrected chi connectivity index (χ3v) is 3.58. The average Bonchev–Trinajstić information content (AvgIpc) is 2.33. The maximum atomic E-state index is 12.4. The minimum atomic E-state index is -1.20. The molecule has 19 heavy (non-hydrogen) atoms. The van der Waals surface area contributed by atoms with Crippen molar-refractivity contribution in [1.82, 2.24) is 0 Å². The van der Waals surface area contributed by atoms with E-state index in [2.05, 4.69) is 4.74 Å². The van der Waals surface area contributed by atoms with Crippen LogP contribution in [-0.2, 0) is 19.1 Å². The normalized spacial score (nSPS) is 13.0. The number of carbonyl (C=O) groups is 2. The number of rotatable bonds is 6. The fourth-order valence-electron chi connectivity index (χ4n) is 2.65. The van der Waals surface area contributed by atoms with Gasteiger partial charge >= 0.3 is 11.9 Å². The van der Waals surface area contributed by atoms with Crippen molar-refractivity contribution in [2.45, 2.75) is 34.6 Å². The lowest BCUT2D eigenvalue weighted by molar-refractivity contribution is -0.174. The molecule has 0 aliphatic rings. The zero-order valence-corrected chi connectivity index (χ0v) is 12.5. The fourth-order valence-corrected chi connectivity index (χ4v) is 2.65. The summed E-state index contributed by atoms with van der Waals surface area (Å²) >= 11 is 0. The number of nitrogens with zero attached hydrogens (tertiary/aromatic N) is 1. The molecule has 1 unspecified atom stereocenters. The summed E-state index contributed by atoms with van der Waals surface area (Å²) in [6.45, 7) is 9.14. The van der Waals surface area contributed by atoms with E-state index in [1.165, 1.54) is 7.11 Å². The van der Waals surface area contributed by atoms with E-state index in [0.717, 1.165) is 0 Å². The van der Waals surface area contributed by atoms with Gasteiger partial charge in [0.25, 0.3) is 0 Å². The molecule has 0 amide bonds. The lowest BCUT2D eigenvalue weighted by atomic mass is 9.61. The number of hydrogen-bond donors (Lipinski definition) is 0. The SMILES string of the molecule is CCOC(=O)C(C(C)C)(C(C)C)C(C#N)C(=O)OC. The number of hydrogen-bond acceptors (Lipinski definition) is 5. The number of esters is 2. The van der Waals surface area contributed by atoms with E-state index in [9.17, 15) is 14.9 Å². The van der Waals surface area contributed by atoms with Gasteiger partial charge in [0, 0.05) is 0 Å². The van der Waals surface area contributed by atoms with Gasteiger partial charge in [0.15, 0.2) is 5.92 Å². The summed E-state index contributed by atoms with van der Waals surface area (Å²) in [6, 6.07) is 1.92. The second kappa shape index (κ2) is 7.13. The van der Waals surface area contributed by atoms with Gasteiger partial charge in [0.05, 0.1) is 25.2 Å². The summed E-state index contributed by atoms with van der Waals surface area (Å²) in [7, 11) is 1.21. The van der Waals surface area contributed by atoms with Gasteiger partial charge in [-0.25, -0.2) is 0 Å². The Morgan fingerprint density at radius 2 is 1.68 bits per heavy atom. The quantitative estimate of drug-likeness (QED) is 0.691. The third-order valence-electron chi connectivity index (χ3n) is 3.58. The molecule has 5 nitrogen and oxygen atoms in total. The van der Waals surface area contributed by atoms with Gasteiger partial charge in [0.1, 0.15) is 0 Å². The van der Waals surface area contributed by atoms with Crippen molar-refractivity contribution in [2.24, 2.45) is 23.2 Å². The Balaban J connectivity index is 5.92. The zero-order chi connectivity index (χ0) is 15.2. The first kappa shape index (κ1) is 17.4. The van der Waals surface area contributed by atoms with Crippen LogP contribution < -0.4 is 0 Å². The van der Waals surface area contributed by atoms with E-state index in [1.807, 2.05) is 33.8 Å². The summed E-state index contributed by atoms with van der Waals surface area (Å²) in [5, 5.41) is 9.32. The van der Waals surface area contributed by atoms with E-state index >= 15 is 0 Å². The monoisotopic (exact) mass is 269 g/mol. The molecule has 0 aromatic rings. The van der Waals surface area contributed by atoms with Crippen LogP contribution in [0.2, 0.25) is 0 Å². The van der Waals surface area contributed by atoms with Gasteiger partial charge in [-0.1, -0.05) is 27.7 Å². The second-order valence-corrected chi connectivity index (χ2v) is 5.05. The lowest BCUT2D eigenvalue weighted by Gasteiger charge is -2.40. The minimum absolute atomic E-state index is 0.208. The lowest BCUT2D eigenvalue weighted by Crippen LogP contribution is -2.51. The summed E-state index contributed by atoms with van der Waals surface area (Å²) in [5.41, 5.74) is -1.20. The Morgan fingerprint density at radius 1 is 1.21 bits per heavy atom. The molecule has 0 saturated carbocycles. The van der Waals surface area contributed by atoms with E-state index in [4.69, 9.17) is 4.74 Å². The van der Waals surface area contributed by atoms with Crippen LogP contribution in [0.5, 0.6) is 0 Å². The maximum Gasteiger partial charge on any atom is 0.324 e. The number of nitriles is 1. The highest BCUT2D eigenvalue weighted by Gasteiger charge is 2.55. The molecule has 0 aromatic heterocycles. The van der Waals surface area contributed by atoms with E-state index in [0.29, 0.717) is 0 Å². The highest BCUT2D eigenvalue weighted by Crippen LogP contribution is 2.44. The number of methoxy groups -OCH3 is 1. The predicted octanol–water partition coefficient (Wildman–Crippen LogP) is 2.16. The molecule has 5 heteroatoms. The van der Waals surface area contributed by atoms with Crippen LogP contribution in [-0.4, -0.2) is 25.7 Å². The molecule has 0 bridgehead atoms. The van der Waals surface area contributed by atoms with E-state index < -0.39 is 23.3 Å². The van der Waals surface area contributed by atoms with E-state index in [1.54, 1.807) is 6.92 Å². The second-order valence-electron chi connectivity index (χ2n) is 5.05. The largest absolute Gasteiger partial charge is 0.468 e. The Hall–Kier alpha value is -1.57. The van der Waals surface area contributed by atoms with Crippen LogP contribution in [0.25, 0.3) is 0 Å². The highest BCUT2D eigenvalue weighted by molar-refractivity contribution is 5.87. The molecule has 0 fully saturated rings. The molecule has 0 saturated heterocycles. The minimum Gasteiger partial charge on any atom is -0.468 e. The van der Waals surface area contributed by atoms with E-state index in [-0.39, 0.29) is 18.4 Å². The Kier molecular flexibility index (Phi) is 6.54. The van der Waals surface area contributed by atoms with Crippen molar-refractivity contribution in [2.75, 3.05) is 13.7 Å². The summed E-state index contributed by atoms with van der Waals surface area (Å²) in [5.74, 6) is -2.84. The van der Waals surface area contributed by atoms with Gasteiger partial charge in [-0.15, -0.1) is 0 Å². The number of carbonyl (C=O) groups excluding carboxylic acids is 2. The van der Waals surface area contributed by atoms with Gasteiger partial charge in [-0.05, 0) is 18.8 Å². The molecule has 108 valence electrons. The first-order valence-corrected chi connectivity index (χ1v) is 6.45. The molecule has 0 N–H and O–H groups in total. The molecule has 0 aliphatic heterocycles. The summed E-state index contributed by atoms with van der Waals surface area (Å²) in [6.07, 6.45) is 0. The molecule has 0 rings (SSSR count). The average molecular weight is 269 g/mol. The van der Waals surface area contributed by atoms with Crippen LogP contribution in [0.3, 0.4) is 0 Å². The van der Waals surface area contributed by atoms with Gasteiger partial charge in [0.2, 0.25) is 0 Å². The highest BCUT2D eigenvalue weighted by atomic mass is 16.5. The van der Waals surface area contributed by atoms with Crippen molar-refractivity contribution in [3.05, 3.63) is 0 Å². The number of ether oxygens (including phenoxy) is 2. The van der Waals surface area contributed by atoms with Crippen LogP contribution >= 0.6 is 0 Å². The maximum absolute atomic E-state index is 12.4. The first-order valence-electron chi connectivity index (χ1n) is 6.45. The van der Waals surface area contributed by atoms with Gasteiger partial charge in [-0.3, -0.25) is 9.59 Å². The molecule has 0 aromatic carbocycles. The van der Waals surface area contributed by atoms with Crippen molar-refractivity contribution < 1.29 is 19.1 Å². The van der Waals surface area contributed by atoms with Crippen molar-refractivity contribution in [3.8, 4) is 6.07 Å². The molecule has 0 spiro atoms. The first-order chi connectivity index (χ1) is 8.80.